The summed E-state index contributed by atoms with van der Waals surface area (Å²) in [6.45, 7) is 3.96. The van der Waals surface area contributed by atoms with Crippen molar-refractivity contribution in [2.75, 3.05) is 41.4 Å². The Labute approximate surface area is 218 Å². The Hall–Kier alpha value is -3.66. The molecule has 2 fully saturated rings. The number of hydrazone groups is 1. The molecule has 194 valence electrons. The van der Waals surface area contributed by atoms with Crippen molar-refractivity contribution in [3.8, 4) is 5.75 Å². The molecule has 3 heterocycles. The molecule has 0 spiro atoms. The number of aromatic nitrogens is 2. The van der Waals surface area contributed by atoms with Crippen molar-refractivity contribution in [1.82, 2.24) is 9.97 Å². The molecule has 2 aromatic carbocycles. The molecule has 0 unspecified atom stereocenters. The van der Waals surface area contributed by atoms with E-state index < -0.39 is 10.1 Å². The van der Waals surface area contributed by atoms with Crippen LogP contribution in [0.15, 0.2) is 70.7 Å². The zero-order valence-corrected chi connectivity index (χ0v) is 21.6. The van der Waals surface area contributed by atoms with Gasteiger partial charge in [-0.15, -0.1) is 0 Å². The quantitative estimate of drug-likeness (QED) is 0.260. The van der Waals surface area contributed by atoms with E-state index in [2.05, 4.69) is 20.3 Å². The van der Waals surface area contributed by atoms with Crippen LogP contribution in [0.3, 0.4) is 0 Å². The molecule has 0 aliphatic carbocycles. The lowest BCUT2D eigenvalue weighted by Gasteiger charge is -2.31. The number of benzene rings is 2. The molecule has 9 nitrogen and oxygen atoms in total. The summed E-state index contributed by atoms with van der Waals surface area (Å²) in [5, 5.41) is 4.37. The van der Waals surface area contributed by atoms with E-state index in [9.17, 15) is 8.42 Å². The molecule has 0 atom stereocenters. The Balaban J connectivity index is 1.27. The second kappa shape index (κ2) is 11.6. The number of anilines is 3. The average molecular weight is 521 g/mol. The second-order valence-electron chi connectivity index (χ2n) is 9.30. The molecule has 10 heteroatoms. The molecule has 0 radical (unpaired) electrons. The van der Waals surface area contributed by atoms with E-state index in [-0.39, 0.29) is 10.6 Å². The molecule has 2 aliphatic rings. The van der Waals surface area contributed by atoms with Gasteiger partial charge >= 0.3 is 10.1 Å². The zero-order chi connectivity index (χ0) is 25.5. The normalized spacial score (nSPS) is 16.6. The van der Waals surface area contributed by atoms with E-state index in [0.29, 0.717) is 5.82 Å². The molecule has 0 bridgehead atoms. The van der Waals surface area contributed by atoms with E-state index >= 15 is 0 Å². The van der Waals surface area contributed by atoms with Crippen molar-refractivity contribution in [2.24, 2.45) is 5.10 Å². The van der Waals surface area contributed by atoms with E-state index in [4.69, 9.17) is 14.2 Å². The van der Waals surface area contributed by atoms with Crippen LogP contribution in [0.1, 0.15) is 44.1 Å². The van der Waals surface area contributed by atoms with Gasteiger partial charge in [0.1, 0.15) is 16.5 Å². The van der Waals surface area contributed by atoms with Crippen LogP contribution < -0.4 is 19.4 Å². The van der Waals surface area contributed by atoms with Gasteiger partial charge in [-0.3, -0.25) is 5.43 Å². The average Bonchev–Trinajstić information content (AvgIpc) is 2.95. The van der Waals surface area contributed by atoms with Gasteiger partial charge in [0.05, 0.1) is 6.21 Å². The molecule has 2 saturated heterocycles. The lowest BCUT2D eigenvalue weighted by Crippen LogP contribution is -2.33. The van der Waals surface area contributed by atoms with Gasteiger partial charge in [-0.05, 0) is 80.5 Å². The highest BCUT2D eigenvalue weighted by Gasteiger charge is 2.19. The minimum atomic E-state index is -3.87. The van der Waals surface area contributed by atoms with E-state index in [1.807, 2.05) is 6.07 Å². The Bertz CT molecular complexity index is 1270. The third kappa shape index (κ3) is 6.56. The van der Waals surface area contributed by atoms with Crippen LogP contribution in [-0.2, 0) is 10.1 Å². The minimum Gasteiger partial charge on any atom is -0.379 e. The van der Waals surface area contributed by atoms with Gasteiger partial charge in [0, 0.05) is 32.2 Å². The summed E-state index contributed by atoms with van der Waals surface area (Å²) in [5.41, 5.74) is 3.85. The van der Waals surface area contributed by atoms with Crippen molar-refractivity contribution in [1.29, 1.82) is 0 Å². The summed E-state index contributed by atoms with van der Waals surface area (Å²) in [4.78, 5) is 14.3. The monoisotopic (exact) mass is 520 g/mol. The van der Waals surface area contributed by atoms with Crippen molar-refractivity contribution in [2.45, 2.75) is 43.4 Å². The third-order valence-electron chi connectivity index (χ3n) is 6.53. The zero-order valence-electron chi connectivity index (χ0n) is 20.8. The lowest BCUT2D eigenvalue weighted by molar-refractivity contribution is 0.486. The Kier molecular flexibility index (Phi) is 7.84. The van der Waals surface area contributed by atoms with Gasteiger partial charge in [-0.1, -0.05) is 18.2 Å². The lowest BCUT2D eigenvalue weighted by atomic mass is 10.1. The molecule has 0 amide bonds. The predicted molar refractivity (Wildman–Crippen MR) is 146 cm³/mol. The van der Waals surface area contributed by atoms with Crippen molar-refractivity contribution >= 4 is 33.9 Å². The van der Waals surface area contributed by atoms with Crippen molar-refractivity contribution in [3.63, 3.8) is 0 Å². The largest absolute Gasteiger partial charge is 0.379 e. The summed E-state index contributed by atoms with van der Waals surface area (Å²) in [6, 6.07) is 16.7. The third-order valence-corrected chi connectivity index (χ3v) is 7.79. The van der Waals surface area contributed by atoms with Gasteiger partial charge in [-0.2, -0.15) is 23.5 Å². The Morgan fingerprint density at radius 2 is 1.46 bits per heavy atom. The van der Waals surface area contributed by atoms with Crippen LogP contribution >= 0.6 is 0 Å². The maximum atomic E-state index is 12.4. The minimum absolute atomic E-state index is 0.113. The molecule has 3 aromatic rings. The van der Waals surface area contributed by atoms with Crippen LogP contribution in [0.2, 0.25) is 0 Å². The fraction of sp³-hybridized carbons (Fsp3) is 0.370. The topological polar surface area (TPSA) is 100 Å². The first-order chi connectivity index (χ1) is 18.1. The number of rotatable bonds is 8. The van der Waals surface area contributed by atoms with Gasteiger partial charge in [0.2, 0.25) is 5.95 Å². The van der Waals surface area contributed by atoms with Crippen LogP contribution in [0.25, 0.3) is 0 Å². The first-order valence-electron chi connectivity index (χ1n) is 12.8. The fourth-order valence-corrected chi connectivity index (χ4v) is 5.50. The van der Waals surface area contributed by atoms with Gasteiger partial charge in [-0.25, -0.2) is 0 Å². The van der Waals surface area contributed by atoms with Crippen LogP contribution in [-0.4, -0.2) is 50.8 Å². The Morgan fingerprint density at radius 1 is 0.811 bits per heavy atom. The number of piperidine rings is 2. The molecule has 5 rings (SSSR count). The van der Waals surface area contributed by atoms with Crippen molar-refractivity contribution in [3.05, 3.63) is 66.2 Å². The highest BCUT2D eigenvalue weighted by molar-refractivity contribution is 7.87. The number of hydrogen-bond acceptors (Lipinski definition) is 9. The molecule has 37 heavy (non-hydrogen) atoms. The van der Waals surface area contributed by atoms with Crippen molar-refractivity contribution < 1.29 is 12.6 Å². The summed E-state index contributed by atoms with van der Waals surface area (Å²) >= 11 is 0. The van der Waals surface area contributed by atoms with E-state index in [1.54, 1.807) is 48.7 Å². The van der Waals surface area contributed by atoms with Gasteiger partial charge < -0.3 is 14.0 Å². The number of nitrogens with one attached hydrogen (secondary N) is 1. The molecule has 0 saturated carbocycles. The van der Waals surface area contributed by atoms with Crippen LogP contribution in [0, 0.1) is 0 Å². The highest BCUT2D eigenvalue weighted by atomic mass is 32.2. The van der Waals surface area contributed by atoms with E-state index in [1.165, 1.54) is 37.8 Å². The summed E-state index contributed by atoms with van der Waals surface area (Å²) in [7, 11) is -3.87. The standard InChI is InChI=1S/C27H32N6O3S/c34-37(35,24-10-4-1-5-11-24)36-23-14-12-22(13-15-23)21-28-31-25-20-26(32-16-6-2-7-17-32)30-27(29-25)33-18-8-3-9-19-33/h1,4-5,10-15,20-21H,2-3,6-9,16-19H2,(H,29,30,31)/b28-21+. The fourth-order valence-electron chi connectivity index (χ4n) is 4.54. The predicted octanol–water partition coefficient (Wildman–Crippen LogP) is 4.67. The number of hydrogen-bond donors (Lipinski definition) is 1. The second-order valence-corrected chi connectivity index (χ2v) is 10.8. The molecule has 2 aliphatic heterocycles. The maximum absolute atomic E-state index is 12.4. The summed E-state index contributed by atoms with van der Waals surface area (Å²) in [6.07, 6.45) is 8.85. The van der Waals surface area contributed by atoms with Gasteiger partial charge in [0.25, 0.3) is 0 Å². The maximum Gasteiger partial charge on any atom is 0.339 e. The van der Waals surface area contributed by atoms with E-state index in [0.717, 1.165) is 56.4 Å². The van der Waals surface area contributed by atoms with Gasteiger partial charge in [0.15, 0.2) is 5.82 Å². The highest BCUT2D eigenvalue weighted by Crippen LogP contribution is 2.25. The number of nitrogens with zero attached hydrogens (tertiary/aromatic N) is 5. The first kappa shape index (κ1) is 25.0. The Morgan fingerprint density at radius 3 is 2.14 bits per heavy atom. The van der Waals surface area contributed by atoms with Crippen LogP contribution in [0.4, 0.5) is 17.6 Å². The smallest absolute Gasteiger partial charge is 0.339 e. The molecule has 1 N–H and O–H groups in total. The van der Waals surface area contributed by atoms with Crippen LogP contribution in [0.5, 0.6) is 5.75 Å². The molecular formula is C27H32N6O3S. The first-order valence-corrected chi connectivity index (χ1v) is 14.3. The molecular weight excluding hydrogens is 488 g/mol. The SMILES string of the molecule is O=S(=O)(Oc1ccc(/C=N/Nc2cc(N3CCCCC3)nc(N3CCCCC3)n2)cc1)c1ccccc1. The summed E-state index contributed by atoms with van der Waals surface area (Å²) < 4.78 is 30.1. The summed E-state index contributed by atoms with van der Waals surface area (Å²) in [5.74, 6) is 2.58. The molecule has 1 aromatic heterocycles.